The van der Waals surface area contributed by atoms with Crippen LogP contribution < -0.4 is 5.48 Å². The predicted molar refractivity (Wildman–Crippen MR) is 83.6 cm³/mol. The third-order valence-electron chi connectivity index (χ3n) is 3.13. The number of carbonyl (C=O) groups excluding carboxylic acids is 2. The first-order valence-corrected chi connectivity index (χ1v) is 7.46. The van der Waals surface area contributed by atoms with Crippen LogP contribution in [0.5, 0.6) is 0 Å². The number of ether oxygens (including phenoxy) is 1. The third kappa shape index (κ3) is 6.72. The molecular formula is C17H25NO4. The molecule has 0 aliphatic heterocycles. The molecule has 1 aromatic rings. The quantitative estimate of drug-likeness (QED) is 0.481. The maximum Gasteiger partial charge on any atom is 0.338 e. The van der Waals surface area contributed by atoms with Crippen LogP contribution in [0.1, 0.15) is 56.5 Å². The summed E-state index contributed by atoms with van der Waals surface area (Å²) in [4.78, 5) is 23.1. The molecule has 0 radical (unpaired) electrons. The van der Waals surface area contributed by atoms with E-state index in [9.17, 15) is 9.59 Å². The number of hydrogen-bond acceptors (Lipinski definition) is 4. The van der Waals surface area contributed by atoms with E-state index >= 15 is 0 Å². The molecule has 2 N–H and O–H groups in total. The Bertz CT molecular complexity index is 520. The molecule has 0 aliphatic carbocycles. The van der Waals surface area contributed by atoms with Crippen LogP contribution in [-0.4, -0.2) is 22.7 Å². The first-order chi connectivity index (χ1) is 10.2. The lowest BCUT2D eigenvalue weighted by Crippen LogP contribution is -2.24. The van der Waals surface area contributed by atoms with E-state index in [1.807, 2.05) is 45.9 Å². The maximum atomic E-state index is 12.0. The lowest BCUT2D eigenvalue weighted by Gasteiger charge is -2.19. The number of hydroxylamine groups is 1. The molecule has 0 bridgehead atoms. The molecule has 5 nitrogen and oxygen atoms in total. The fourth-order valence-electron chi connectivity index (χ4n) is 2.10. The zero-order chi connectivity index (χ0) is 16.8. The molecule has 22 heavy (non-hydrogen) atoms. The summed E-state index contributed by atoms with van der Waals surface area (Å²) in [6.07, 6.45) is 1.71. The van der Waals surface area contributed by atoms with Crippen molar-refractivity contribution in [3.05, 3.63) is 35.4 Å². The van der Waals surface area contributed by atoms with Gasteiger partial charge in [-0.2, -0.15) is 0 Å². The minimum atomic E-state index is -0.516. The SMILES string of the molecule is CC(CCC(=O)NO)Cc1cccc(C(=O)OC(C)(C)C)c1. The zero-order valence-corrected chi connectivity index (χ0v) is 13.7. The van der Waals surface area contributed by atoms with E-state index in [4.69, 9.17) is 9.94 Å². The molecule has 1 aromatic carbocycles. The molecule has 0 spiro atoms. The van der Waals surface area contributed by atoms with Crippen molar-refractivity contribution >= 4 is 11.9 Å². The monoisotopic (exact) mass is 307 g/mol. The van der Waals surface area contributed by atoms with E-state index in [0.29, 0.717) is 12.0 Å². The van der Waals surface area contributed by atoms with Gasteiger partial charge in [-0.25, -0.2) is 10.3 Å². The molecule has 0 aromatic heterocycles. The Morgan fingerprint density at radius 2 is 2.00 bits per heavy atom. The second-order valence-corrected chi connectivity index (χ2v) is 6.59. The summed E-state index contributed by atoms with van der Waals surface area (Å²) >= 11 is 0. The highest BCUT2D eigenvalue weighted by molar-refractivity contribution is 5.89. The minimum Gasteiger partial charge on any atom is -0.456 e. The smallest absolute Gasteiger partial charge is 0.338 e. The largest absolute Gasteiger partial charge is 0.456 e. The highest BCUT2D eigenvalue weighted by Crippen LogP contribution is 2.17. The van der Waals surface area contributed by atoms with Gasteiger partial charge in [-0.1, -0.05) is 19.1 Å². The van der Waals surface area contributed by atoms with E-state index in [0.717, 1.165) is 12.0 Å². The van der Waals surface area contributed by atoms with Crippen molar-refractivity contribution in [2.24, 2.45) is 5.92 Å². The van der Waals surface area contributed by atoms with Crippen molar-refractivity contribution in [1.29, 1.82) is 0 Å². The van der Waals surface area contributed by atoms with E-state index in [-0.39, 0.29) is 24.2 Å². The van der Waals surface area contributed by atoms with Crippen LogP contribution in [0, 0.1) is 5.92 Å². The van der Waals surface area contributed by atoms with Crippen LogP contribution in [0.15, 0.2) is 24.3 Å². The summed E-state index contributed by atoms with van der Waals surface area (Å²) in [6, 6.07) is 7.36. The summed E-state index contributed by atoms with van der Waals surface area (Å²) in [5.74, 6) is -0.442. The molecule has 122 valence electrons. The Balaban J connectivity index is 2.64. The standard InChI is InChI=1S/C17H25NO4/c1-12(8-9-15(19)18-21)10-13-6-5-7-14(11-13)16(20)22-17(2,3)4/h5-7,11-12,21H,8-10H2,1-4H3,(H,18,19). The van der Waals surface area contributed by atoms with Crippen LogP contribution in [0.4, 0.5) is 0 Å². The van der Waals surface area contributed by atoms with Crippen molar-refractivity contribution in [3.63, 3.8) is 0 Å². The van der Waals surface area contributed by atoms with Crippen molar-refractivity contribution < 1.29 is 19.5 Å². The maximum absolute atomic E-state index is 12.0. The fraction of sp³-hybridized carbons (Fsp3) is 0.529. The molecule has 0 fully saturated rings. The van der Waals surface area contributed by atoms with Gasteiger partial charge < -0.3 is 4.74 Å². The Kier molecular flexibility index (Phi) is 6.56. The lowest BCUT2D eigenvalue weighted by molar-refractivity contribution is -0.129. The molecule has 1 rings (SSSR count). The van der Waals surface area contributed by atoms with Crippen LogP contribution in [-0.2, 0) is 16.0 Å². The molecule has 5 heteroatoms. The molecule has 1 atom stereocenters. The van der Waals surface area contributed by atoms with Gasteiger partial charge in [-0.3, -0.25) is 10.0 Å². The van der Waals surface area contributed by atoms with Crippen LogP contribution in [0.3, 0.4) is 0 Å². The highest BCUT2D eigenvalue weighted by Gasteiger charge is 2.18. The van der Waals surface area contributed by atoms with Crippen molar-refractivity contribution in [3.8, 4) is 0 Å². The summed E-state index contributed by atoms with van der Waals surface area (Å²) in [5.41, 5.74) is 2.68. The molecule has 1 amide bonds. The number of benzene rings is 1. The van der Waals surface area contributed by atoms with E-state index in [1.165, 1.54) is 0 Å². The summed E-state index contributed by atoms with van der Waals surface area (Å²) in [7, 11) is 0. The average molecular weight is 307 g/mol. The van der Waals surface area contributed by atoms with E-state index in [1.54, 1.807) is 11.5 Å². The summed E-state index contributed by atoms with van der Waals surface area (Å²) in [5, 5.41) is 8.48. The molecule has 0 saturated carbocycles. The van der Waals surface area contributed by atoms with Crippen molar-refractivity contribution in [2.75, 3.05) is 0 Å². The highest BCUT2D eigenvalue weighted by atomic mass is 16.6. The van der Waals surface area contributed by atoms with Gasteiger partial charge in [-0.15, -0.1) is 0 Å². The number of hydrogen-bond donors (Lipinski definition) is 2. The Morgan fingerprint density at radius 3 is 2.59 bits per heavy atom. The van der Waals surface area contributed by atoms with Crippen LogP contribution in [0.25, 0.3) is 0 Å². The molecule has 0 heterocycles. The topological polar surface area (TPSA) is 75.6 Å². The Hall–Kier alpha value is -1.88. The molecule has 0 saturated heterocycles. The van der Waals surface area contributed by atoms with Gasteiger partial charge >= 0.3 is 5.97 Å². The molecular weight excluding hydrogens is 282 g/mol. The minimum absolute atomic E-state index is 0.270. The summed E-state index contributed by atoms with van der Waals surface area (Å²) < 4.78 is 5.36. The predicted octanol–water partition coefficient (Wildman–Crippen LogP) is 3.11. The van der Waals surface area contributed by atoms with Crippen LogP contribution >= 0.6 is 0 Å². The van der Waals surface area contributed by atoms with Gasteiger partial charge in [0.25, 0.3) is 0 Å². The van der Waals surface area contributed by atoms with Crippen molar-refractivity contribution in [2.45, 2.75) is 52.6 Å². The van der Waals surface area contributed by atoms with Gasteiger partial charge in [0.15, 0.2) is 0 Å². The zero-order valence-electron chi connectivity index (χ0n) is 13.7. The number of nitrogens with one attached hydrogen (secondary N) is 1. The van der Waals surface area contributed by atoms with Gasteiger partial charge in [0, 0.05) is 6.42 Å². The average Bonchev–Trinajstić information content (AvgIpc) is 2.43. The van der Waals surface area contributed by atoms with E-state index < -0.39 is 5.60 Å². The van der Waals surface area contributed by atoms with Gasteiger partial charge in [-0.05, 0) is 57.2 Å². The molecule has 0 aliphatic rings. The second kappa shape index (κ2) is 7.94. The number of amides is 1. The number of rotatable bonds is 6. The third-order valence-corrected chi connectivity index (χ3v) is 3.13. The molecule has 1 unspecified atom stereocenters. The fourth-order valence-corrected chi connectivity index (χ4v) is 2.10. The Labute approximate surface area is 131 Å². The van der Waals surface area contributed by atoms with Gasteiger partial charge in [0.1, 0.15) is 5.60 Å². The first kappa shape index (κ1) is 18.2. The van der Waals surface area contributed by atoms with Gasteiger partial charge in [0.2, 0.25) is 5.91 Å². The first-order valence-electron chi connectivity index (χ1n) is 7.46. The second-order valence-electron chi connectivity index (χ2n) is 6.59. The Morgan fingerprint density at radius 1 is 1.32 bits per heavy atom. The number of carbonyl (C=O) groups is 2. The van der Waals surface area contributed by atoms with Crippen LogP contribution in [0.2, 0.25) is 0 Å². The lowest BCUT2D eigenvalue weighted by atomic mass is 9.95. The number of esters is 1. The van der Waals surface area contributed by atoms with Crippen molar-refractivity contribution in [1.82, 2.24) is 5.48 Å². The van der Waals surface area contributed by atoms with E-state index in [2.05, 4.69) is 0 Å². The summed E-state index contributed by atoms with van der Waals surface area (Å²) in [6.45, 7) is 7.54. The van der Waals surface area contributed by atoms with Gasteiger partial charge in [0.05, 0.1) is 5.56 Å². The normalized spacial score (nSPS) is 12.6.